The van der Waals surface area contributed by atoms with Crippen LogP contribution < -0.4 is 10.6 Å². The number of aliphatic hydroxyl groups excluding tert-OH is 1. The van der Waals surface area contributed by atoms with E-state index in [1.54, 1.807) is 47.3 Å². The lowest BCUT2D eigenvalue weighted by molar-refractivity contribution is 0.0911. The van der Waals surface area contributed by atoms with E-state index in [-0.39, 0.29) is 18.3 Å². The van der Waals surface area contributed by atoms with E-state index in [0.29, 0.717) is 29.0 Å². The van der Waals surface area contributed by atoms with Crippen molar-refractivity contribution >= 4 is 23.5 Å². The molecule has 1 amide bonds. The maximum absolute atomic E-state index is 12.6. The van der Waals surface area contributed by atoms with E-state index in [9.17, 15) is 9.90 Å². The molecule has 0 spiro atoms. The van der Waals surface area contributed by atoms with Gasteiger partial charge in [-0.1, -0.05) is 23.7 Å². The molecule has 3 N–H and O–H groups in total. The summed E-state index contributed by atoms with van der Waals surface area (Å²) in [7, 11) is 0. The number of carbonyl (C=O) groups is 1. The average molecular weight is 429 g/mol. The summed E-state index contributed by atoms with van der Waals surface area (Å²) in [5.41, 5.74) is 0.910. The molecule has 10 heteroatoms. The highest BCUT2D eigenvalue weighted by atomic mass is 35.5. The SMILES string of the molecule is O=C(N[C@H](CO)c1cccc(Cl)c1)c1cn(-c2ccnc(NC3CCOC3)n2)cn1. The van der Waals surface area contributed by atoms with Gasteiger partial charge in [0.05, 0.1) is 25.3 Å². The Labute approximate surface area is 178 Å². The summed E-state index contributed by atoms with van der Waals surface area (Å²) in [6.07, 6.45) is 5.63. The minimum Gasteiger partial charge on any atom is -0.394 e. The van der Waals surface area contributed by atoms with Crippen LogP contribution in [0.1, 0.15) is 28.5 Å². The van der Waals surface area contributed by atoms with Crippen molar-refractivity contribution in [2.75, 3.05) is 25.1 Å². The lowest BCUT2D eigenvalue weighted by Gasteiger charge is -2.16. The molecule has 4 rings (SSSR count). The number of amides is 1. The first kappa shape index (κ1) is 20.3. The van der Waals surface area contributed by atoms with E-state index in [2.05, 4.69) is 25.6 Å². The topological polar surface area (TPSA) is 114 Å². The van der Waals surface area contributed by atoms with Gasteiger partial charge in [-0.15, -0.1) is 0 Å². The number of aromatic nitrogens is 4. The van der Waals surface area contributed by atoms with Gasteiger partial charge in [-0.25, -0.2) is 9.97 Å². The Morgan fingerprint density at radius 3 is 3.03 bits per heavy atom. The van der Waals surface area contributed by atoms with Crippen LogP contribution in [0.3, 0.4) is 0 Å². The zero-order valence-electron chi connectivity index (χ0n) is 16.0. The lowest BCUT2D eigenvalue weighted by Crippen LogP contribution is -2.31. The Kier molecular flexibility index (Phi) is 6.22. The molecule has 3 heterocycles. The number of hydrogen-bond donors (Lipinski definition) is 3. The molecule has 1 fully saturated rings. The van der Waals surface area contributed by atoms with Crippen LogP contribution in [0.2, 0.25) is 5.02 Å². The Bertz CT molecular complexity index is 1020. The zero-order valence-corrected chi connectivity index (χ0v) is 16.8. The van der Waals surface area contributed by atoms with Crippen molar-refractivity contribution in [2.24, 2.45) is 0 Å². The van der Waals surface area contributed by atoms with Crippen LogP contribution in [0.5, 0.6) is 0 Å². The fraction of sp³-hybridized carbons (Fsp3) is 0.300. The Balaban J connectivity index is 1.46. The molecule has 156 valence electrons. The number of aliphatic hydroxyl groups is 1. The summed E-state index contributed by atoms with van der Waals surface area (Å²) in [6, 6.07) is 8.30. The number of carbonyl (C=O) groups excluding carboxylic acids is 1. The molecule has 0 radical (unpaired) electrons. The van der Waals surface area contributed by atoms with Crippen molar-refractivity contribution in [1.29, 1.82) is 0 Å². The smallest absolute Gasteiger partial charge is 0.272 e. The molecule has 2 aromatic heterocycles. The third-order valence-corrected chi connectivity index (χ3v) is 4.96. The predicted octanol–water partition coefficient (Wildman–Crippen LogP) is 1.98. The average Bonchev–Trinajstić information content (AvgIpc) is 3.44. The molecule has 1 aliphatic rings. The molecular weight excluding hydrogens is 408 g/mol. The first-order valence-electron chi connectivity index (χ1n) is 9.51. The number of anilines is 1. The summed E-state index contributed by atoms with van der Waals surface area (Å²) >= 11 is 6.00. The second-order valence-electron chi connectivity index (χ2n) is 6.87. The van der Waals surface area contributed by atoms with Crippen molar-refractivity contribution in [3.05, 3.63) is 65.3 Å². The number of hydrogen-bond acceptors (Lipinski definition) is 7. The van der Waals surface area contributed by atoms with Gasteiger partial charge in [0.25, 0.3) is 5.91 Å². The maximum atomic E-state index is 12.6. The van der Waals surface area contributed by atoms with Gasteiger partial charge >= 0.3 is 0 Å². The maximum Gasteiger partial charge on any atom is 0.272 e. The number of nitrogens with zero attached hydrogens (tertiary/aromatic N) is 4. The summed E-state index contributed by atoms with van der Waals surface area (Å²) in [5.74, 6) is 0.652. The number of benzene rings is 1. The van der Waals surface area contributed by atoms with E-state index in [4.69, 9.17) is 16.3 Å². The molecule has 0 aliphatic carbocycles. The molecule has 1 aromatic carbocycles. The van der Waals surface area contributed by atoms with E-state index in [0.717, 1.165) is 13.0 Å². The van der Waals surface area contributed by atoms with Crippen LogP contribution in [0.25, 0.3) is 5.82 Å². The highest BCUT2D eigenvalue weighted by Gasteiger charge is 2.19. The largest absolute Gasteiger partial charge is 0.394 e. The quantitative estimate of drug-likeness (QED) is 0.527. The van der Waals surface area contributed by atoms with Gasteiger partial charge in [0, 0.05) is 24.0 Å². The van der Waals surface area contributed by atoms with Crippen LogP contribution in [0.4, 0.5) is 5.95 Å². The minimum absolute atomic E-state index is 0.186. The predicted molar refractivity (Wildman–Crippen MR) is 111 cm³/mol. The molecule has 1 saturated heterocycles. The number of halogens is 1. The second kappa shape index (κ2) is 9.21. The number of rotatable bonds is 7. The van der Waals surface area contributed by atoms with Crippen LogP contribution in [0.15, 0.2) is 49.1 Å². The molecule has 9 nitrogen and oxygen atoms in total. The minimum atomic E-state index is -0.593. The number of imidazole rings is 1. The van der Waals surface area contributed by atoms with E-state index in [1.807, 2.05) is 0 Å². The van der Waals surface area contributed by atoms with Crippen LogP contribution in [0, 0.1) is 0 Å². The lowest BCUT2D eigenvalue weighted by atomic mass is 10.1. The Morgan fingerprint density at radius 2 is 2.27 bits per heavy atom. The Hall–Kier alpha value is -3.01. The number of ether oxygens (including phenoxy) is 1. The molecule has 30 heavy (non-hydrogen) atoms. The van der Waals surface area contributed by atoms with E-state index >= 15 is 0 Å². The summed E-state index contributed by atoms with van der Waals surface area (Å²) in [6.45, 7) is 1.08. The monoisotopic (exact) mass is 428 g/mol. The molecule has 1 unspecified atom stereocenters. The van der Waals surface area contributed by atoms with Crippen LogP contribution in [-0.4, -0.2) is 56.4 Å². The van der Waals surface area contributed by atoms with Crippen LogP contribution in [-0.2, 0) is 4.74 Å². The first-order chi connectivity index (χ1) is 14.6. The van der Waals surface area contributed by atoms with Gasteiger partial charge in [-0.3, -0.25) is 9.36 Å². The Morgan fingerprint density at radius 1 is 1.37 bits per heavy atom. The summed E-state index contributed by atoms with van der Waals surface area (Å²) < 4.78 is 6.99. The van der Waals surface area contributed by atoms with Crippen molar-refractivity contribution in [1.82, 2.24) is 24.8 Å². The normalized spacial score (nSPS) is 16.9. The summed E-state index contributed by atoms with van der Waals surface area (Å²) in [5, 5.41) is 16.2. The van der Waals surface area contributed by atoms with Crippen LogP contribution >= 0.6 is 11.6 Å². The van der Waals surface area contributed by atoms with Crippen molar-refractivity contribution in [3.63, 3.8) is 0 Å². The standard InChI is InChI=1S/C20H21ClN6O3/c21-14-3-1-2-13(8-14)17(10-28)25-19(29)16-9-27(12-23-16)18-4-6-22-20(26-18)24-15-5-7-30-11-15/h1-4,6,8-9,12,15,17,28H,5,7,10-11H2,(H,25,29)(H,22,24,26)/t15?,17-/m1/s1. The van der Waals surface area contributed by atoms with Gasteiger partial charge < -0.3 is 20.5 Å². The van der Waals surface area contributed by atoms with Gasteiger partial charge in [-0.2, -0.15) is 4.98 Å². The third kappa shape index (κ3) is 4.76. The van der Waals surface area contributed by atoms with Crippen molar-refractivity contribution < 1.29 is 14.6 Å². The van der Waals surface area contributed by atoms with Gasteiger partial charge in [-0.05, 0) is 30.2 Å². The first-order valence-corrected chi connectivity index (χ1v) is 9.89. The van der Waals surface area contributed by atoms with E-state index < -0.39 is 11.9 Å². The molecular formula is C20H21ClN6O3. The number of nitrogens with one attached hydrogen (secondary N) is 2. The molecule has 0 bridgehead atoms. The highest BCUT2D eigenvalue weighted by molar-refractivity contribution is 6.30. The van der Waals surface area contributed by atoms with Crippen molar-refractivity contribution in [2.45, 2.75) is 18.5 Å². The molecule has 0 saturated carbocycles. The highest BCUT2D eigenvalue weighted by Crippen LogP contribution is 2.18. The zero-order chi connectivity index (χ0) is 20.9. The molecule has 2 atom stereocenters. The van der Waals surface area contributed by atoms with Gasteiger partial charge in [0.2, 0.25) is 5.95 Å². The van der Waals surface area contributed by atoms with Crippen molar-refractivity contribution in [3.8, 4) is 5.82 Å². The fourth-order valence-corrected chi connectivity index (χ4v) is 3.35. The van der Waals surface area contributed by atoms with Gasteiger partial charge in [0.15, 0.2) is 0 Å². The summed E-state index contributed by atoms with van der Waals surface area (Å²) in [4.78, 5) is 25.5. The van der Waals surface area contributed by atoms with Gasteiger partial charge in [0.1, 0.15) is 17.8 Å². The molecule has 3 aromatic rings. The van der Waals surface area contributed by atoms with E-state index in [1.165, 1.54) is 6.33 Å². The second-order valence-corrected chi connectivity index (χ2v) is 7.31. The fourth-order valence-electron chi connectivity index (χ4n) is 3.15. The molecule has 1 aliphatic heterocycles. The third-order valence-electron chi connectivity index (χ3n) is 4.72.